The maximum absolute atomic E-state index is 13.4. The summed E-state index contributed by atoms with van der Waals surface area (Å²) in [7, 11) is 1.64. The van der Waals surface area contributed by atoms with Crippen molar-refractivity contribution in [2.45, 2.75) is 51.6 Å². The van der Waals surface area contributed by atoms with E-state index in [0.717, 1.165) is 30.8 Å². The first-order valence-electron chi connectivity index (χ1n) is 9.67. The van der Waals surface area contributed by atoms with Crippen molar-refractivity contribution in [1.29, 1.82) is 0 Å². The van der Waals surface area contributed by atoms with Gasteiger partial charge in [-0.3, -0.25) is 4.79 Å². The van der Waals surface area contributed by atoms with E-state index in [1.807, 2.05) is 43.0 Å². The minimum absolute atomic E-state index is 0.0389. The third kappa shape index (κ3) is 3.17. The number of aryl methyl sites for hydroxylation is 2. The molecule has 4 rings (SSSR count). The summed E-state index contributed by atoms with van der Waals surface area (Å²) in [4.78, 5) is 15.4. The fourth-order valence-corrected chi connectivity index (χ4v) is 4.56. The van der Waals surface area contributed by atoms with Crippen molar-refractivity contribution in [1.82, 2.24) is 10.1 Å². The van der Waals surface area contributed by atoms with Crippen molar-refractivity contribution >= 4 is 5.91 Å². The Bertz CT molecular complexity index is 831. The highest BCUT2D eigenvalue weighted by atomic mass is 16.5. The number of ether oxygens (including phenoxy) is 2. The molecule has 2 aromatic rings. The number of benzene rings is 1. The molecule has 27 heavy (non-hydrogen) atoms. The molecule has 144 valence electrons. The standard InChI is InChI=1S/C21H26N2O4/c1-4-19-20(13(2)22-27-19)21(24)23-15-9-8-14(10-15)18(23)12-26-17-7-5-6-16(11-17)25-3/h5-7,11,14-15,18H,4,8-10,12H2,1-3H3/t14?,15?,18-/m1/s1. The molecule has 2 aliphatic rings. The Balaban J connectivity index is 1.54. The van der Waals surface area contributed by atoms with Crippen LogP contribution in [0, 0.1) is 12.8 Å². The van der Waals surface area contributed by atoms with Gasteiger partial charge in [0.05, 0.1) is 18.8 Å². The number of carbonyl (C=O) groups is 1. The molecule has 1 aliphatic heterocycles. The van der Waals surface area contributed by atoms with Gasteiger partial charge in [-0.15, -0.1) is 0 Å². The molecule has 3 atom stereocenters. The largest absolute Gasteiger partial charge is 0.497 e. The van der Waals surface area contributed by atoms with Gasteiger partial charge in [0.1, 0.15) is 29.4 Å². The Hall–Kier alpha value is -2.50. The normalized spacial score (nSPS) is 23.7. The summed E-state index contributed by atoms with van der Waals surface area (Å²) in [5.74, 6) is 2.74. The number of methoxy groups -OCH3 is 1. The van der Waals surface area contributed by atoms with Gasteiger partial charge in [0.25, 0.3) is 5.91 Å². The van der Waals surface area contributed by atoms with E-state index in [9.17, 15) is 4.79 Å². The van der Waals surface area contributed by atoms with Gasteiger partial charge in [0, 0.05) is 18.5 Å². The SMILES string of the molecule is CCc1onc(C)c1C(=O)N1C2CCC(C2)[C@H]1COc1cccc(OC)c1. The van der Waals surface area contributed by atoms with Crippen molar-refractivity contribution in [3.05, 3.63) is 41.3 Å². The molecule has 0 radical (unpaired) electrons. The lowest BCUT2D eigenvalue weighted by molar-refractivity contribution is 0.0503. The minimum atomic E-state index is 0.0389. The average molecular weight is 370 g/mol. The Morgan fingerprint density at radius 2 is 2.15 bits per heavy atom. The fraction of sp³-hybridized carbons (Fsp3) is 0.524. The smallest absolute Gasteiger partial charge is 0.260 e. The lowest BCUT2D eigenvalue weighted by atomic mass is 9.98. The fourth-order valence-electron chi connectivity index (χ4n) is 4.56. The van der Waals surface area contributed by atoms with Crippen LogP contribution in [-0.2, 0) is 6.42 Å². The summed E-state index contributed by atoms with van der Waals surface area (Å²) in [6.45, 7) is 4.31. The first-order chi connectivity index (χ1) is 13.1. The predicted molar refractivity (Wildman–Crippen MR) is 100 cm³/mol. The number of rotatable bonds is 6. The molecule has 1 amide bonds. The van der Waals surface area contributed by atoms with E-state index in [4.69, 9.17) is 14.0 Å². The van der Waals surface area contributed by atoms with Gasteiger partial charge >= 0.3 is 0 Å². The molecule has 0 spiro atoms. The van der Waals surface area contributed by atoms with E-state index in [1.165, 1.54) is 0 Å². The summed E-state index contributed by atoms with van der Waals surface area (Å²) < 4.78 is 16.7. The van der Waals surface area contributed by atoms with E-state index >= 15 is 0 Å². The van der Waals surface area contributed by atoms with Crippen molar-refractivity contribution in [2.75, 3.05) is 13.7 Å². The number of aromatic nitrogens is 1. The highest BCUT2D eigenvalue weighted by molar-refractivity contribution is 5.97. The van der Waals surface area contributed by atoms with Gasteiger partial charge in [-0.1, -0.05) is 18.1 Å². The molecule has 2 unspecified atom stereocenters. The zero-order valence-electron chi connectivity index (χ0n) is 16.1. The minimum Gasteiger partial charge on any atom is -0.497 e. The van der Waals surface area contributed by atoms with E-state index < -0.39 is 0 Å². The van der Waals surface area contributed by atoms with E-state index in [1.54, 1.807) is 7.11 Å². The van der Waals surface area contributed by atoms with Crippen LogP contribution >= 0.6 is 0 Å². The molecule has 0 N–H and O–H groups in total. The Morgan fingerprint density at radius 3 is 2.93 bits per heavy atom. The van der Waals surface area contributed by atoms with Crippen molar-refractivity contribution in [3.8, 4) is 11.5 Å². The van der Waals surface area contributed by atoms with E-state index in [-0.39, 0.29) is 11.9 Å². The molecule has 2 fully saturated rings. The van der Waals surface area contributed by atoms with E-state index in [0.29, 0.717) is 42.0 Å². The predicted octanol–water partition coefficient (Wildman–Crippen LogP) is 3.63. The van der Waals surface area contributed by atoms with Crippen molar-refractivity contribution in [3.63, 3.8) is 0 Å². The molecule has 1 aromatic carbocycles. The molecule has 2 heterocycles. The van der Waals surface area contributed by atoms with Gasteiger partial charge in [-0.25, -0.2) is 0 Å². The van der Waals surface area contributed by atoms with Crippen molar-refractivity contribution < 1.29 is 18.8 Å². The second-order valence-corrected chi connectivity index (χ2v) is 7.42. The quantitative estimate of drug-likeness (QED) is 0.777. The monoisotopic (exact) mass is 370 g/mol. The van der Waals surface area contributed by atoms with Gasteiger partial charge in [0.15, 0.2) is 0 Å². The maximum atomic E-state index is 13.4. The van der Waals surface area contributed by atoms with Crippen LogP contribution in [0.2, 0.25) is 0 Å². The molecular formula is C21H26N2O4. The van der Waals surface area contributed by atoms with Gasteiger partial charge in [-0.05, 0) is 44.2 Å². The van der Waals surface area contributed by atoms with Crippen molar-refractivity contribution in [2.24, 2.45) is 5.92 Å². The van der Waals surface area contributed by atoms with Gasteiger partial charge < -0.3 is 18.9 Å². The van der Waals surface area contributed by atoms with Crippen LogP contribution in [-0.4, -0.2) is 41.8 Å². The second kappa shape index (κ2) is 7.25. The third-order valence-electron chi connectivity index (χ3n) is 5.91. The Kier molecular flexibility index (Phi) is 4.81. The highest BCUT2D eigenvalue weighted by Crippen LogP contribution is 2.43. The third-order valence-corrected chi connectivity index (χ3v) is 5.91. The summed E-state index contributed by atoms with van der Waals surface area (Å²) in [6, 6.07) is 7.97. The number of piperidine rings is 1. The molecular weight excluding hydrogens is 344 g/mol. The van der Waals surface area contributed by atoms with Crippen LogP contribution in [0.3, 0.4) is 0 Å². The summed E-state index contributed by atoms with van der Waals surface area (Å²) >= 11 is 0. The first-order valence-corrected chi connectivity index (χ1v) is 9.67. The average Bonchev–Trinajstić information content (AvgIpc) is 3.40. The van der Waals surface area contributed by atoms with Crippen LogP contribution in [0.1, 0.15) is 48.0 Å². The topological polar surface area (TPSA) is 64.8 Å². The molecule has 1 aromatic heterocycles. The molecule has 1 saturated heterocycles. The summed E-state index contributed by atoms with van der Waals surface area (Å²) in [5.41, 5.74) is 1.31. The van der Waals surface area contributed by atoms with E-state index in [2.05, 4.69) is 5.16 Å². The Labute approximate surface area is 159 Å². The molecule has 1 aliphatic carbocycles. The molecule has 6 heteroatoms. The van der Waals surface area contributed by atoms with Crippen LogP contribution < -0.4 is 9.47 Å². The molecule has 2 bridgehead atoms. The Morgan fingerprint density at radius 1 is 1.33 bits per heavy atom. The van der Waals surface area contributed by atoms with Gasteiger partial charge in [0.2, 0.25) is 0 Å². The van der Waals surface area contributed by atoms with Crippen LogP contribution in [0.4, 0.5) is 0 Å². The number of likely N-dealkylation sites (tertiary alicyclic amines) is 1. The number of hydrogen-bond donors (Lipinski definition) is 0. The maximum Gasteiger partial charge on any atom is 0.260 e. The first kappa shape index (κ1) is 17.9. The van der Waals surface area contributed by atoms with Crippen LogP contribution in [0.5, 0.6) is 11.5 Å². The summed E-state index contributed by atoms with van der Waals surface area (Å²) in [6.07, 6.45) is 3.94. The number of fused-ring (bicyclic) bond motifs is 2. The van der Waals surface area contributed by atoms with Gasteiger partial charge in [-0.2, -0.15) is 0 Å². The highest BCUT2D eigenvalue weighted by Gasteiger charge is 2.49. The lowest BCUT2D eigenvalue weighted by Gasteiger charge is -2.35. The number of amides is 1. The van der Waals surface area contributed by atoms with Crippen LogP contribution in [0.15, 0.2) is 28.8 Å². The zero-order valence-corrected chi connectivity index (χ0v) is 16.1. The number of hydrogen-bond acceptors (Lipinski definition) is 5. The summed E-state index contributed by atoms with van der Waals surface area (Å²) in [5, 5.41) is 4.01. The number of carbonyl (C=O) groups excluding carboxylic acids is 1. The second-order valence-electron chi connectivity index (χ2n) is 7.42. The molecule has 1 saturated carbocycles. The number of nitrogens with zero attached hydrogens (tertiary/aromatic N) is 2. The zero-order chi connectivity index (χ0) is 19.0. The molecule has 6 nitrogen and oxygen atoms in total. The lowest BCUT2D eigenvalue weighted by Crippen LogP contribution is -2.48. The van der Waals surface area contributed by atoms with Crippen LogP contribution in [0.25, 0.3) is 0 Å².